The van der Waals surface area contributed by atoms with E-state index in [0.29, 0.717) is 16.8 Å². The lowest BCUT2D eigenvalue weighted by molar-refractivity contribution is 0.315. The second-order valence-corrected chi connectivity index (χ2v) is 3.35. The first-order valence-electron chi connectivity index (χ1n) is 4.27. The zero-order valence-corrected chi connectivity index (χ0v) is 9.11. The molecular weight excluding hydrogens is 214 g/mol. The molecule has 5 nitrogen and oxygen atoms in total. The van der Waals surface area contributed by atoms with Crippen LogP contribution in [0.4, 0.5) is 5.69 Å². The minimum atomic E-state index is 0.564. The predicted octanol–water partition coefficient (Wildman–Crippen LogP) is 1.62. The average molecular weight is 223 g/mol. The molecule has 0 unspecified atom stereocenters. The summed E-state index contributed by atoms with van der Waals surface area (Å²) in [5.41, 5.74) is 3.28. The van der Waals surface area contributed by atoms with Crippen molar-refractivity contribution in [2.75, 3.05) is 19.0 Å². The Morgan fingerprint density at radius 2 is 2.20 bits per heavy atom. The van der Waals surface area contributed by atoms with Gasteiger partial charge in [-0.1, -0.05) is 0 Å². The fourth-order valence-electron chi connectivity index (χ4n) is 1.33. The van der Waals surface area contributed by atoms with Crippen molar-refractivity contribution in [3.8, 4) is 5.75 Å². The molecule has 6 heteroatoms. The number of nitrogens with zero attached hydrogens (tertiary/aromatic N) is 3. The zero-order chi connectivity index (χ0) is 10.8. The van der Waals surface area contributed by atoms with Crippen molar-refractivity contribution in [2.45, 2.75) is 0 Å². The summed E-state index contributed by atoms with van der Waals surface area (Å²) in [7, 11) is 3.82. The van der Waals surface area contributed by atoms with Crippen LogP contribution in [-0.2, 0) is 0 Å². The van der Waals surface area contributed by atoms with Gasteiger partial charge in [-0.2, -0.15) is 0 Å². The molecule has 0 radical (unpaired) electrons. The van der Waals surface area contributed by atoms with E-state index in [4.69, 9.17) is 4.74 Å². The van der Waals surface area contributed by atoms with E-state index in [0.717, 1.165) is 5.69 Å². The summed E-state index contributed by atoms with van der Waals surface area (Å²) in [6.07, 6.45) is 0. The monoisotopic (exact) mass is 223 g/mol. The van der Waals surface area contributed by atoms with E-state index in [2.05, 4.69) is 27.2 Å². The summed E-state index contributed by atoms with van der Waals surface area (Å²) < 4.78 is 9.90. The minimum Gasteiger partial charge on any atom is -0.449 e. The van der Waals surface area contributed by atoms with Crippen LogP contribution in [0.3, 0.4) is 0 Å². The van der Waals surface area contributed by atoms with Gasteiger partial charge in [0.2, 0.25) is 0 Å². The summed E-state index contributed by atoms with van der Waals surface area (Å²) in [4.78, 5) is 1.91. The molecule has 1 aromatic carbocycles. The van der Waals surface area contributed by atoms with Crippen molar-refractivity contribution in [1.29, 1.82) is 0 Å². The van der Waals surface area contributed by atoms with Gasteiger partial charge in [-0.05, 0) is 34.7 Å². The molecule has 0 atom stereocenters. The lowest BCUT2D eigenvalue weighted by Gasteiger charge is -2.15. The van der Waals surface area contributed by atoms with E-state index < -0.39 is 0 Å². The first kappa shape index (κ1) is 9.85. The van der Waals surface area contributed by atoms with Crippen LogP contribution in [0.1, 0.15) is 0 Å². The Bertz CT molecular complexity index is 495. The van der Waals surface area contributed by atoms with Crippen LogP contribution >= 0.6 is 12.2 Å². The van der Waals surface area contributed by atoms with Crippen LogP contribution in [0.25, 0.3) is 11.0 Å². The van der Waals surface area contributed by atoms with Crippen LogP contribution < -0.4 is 9.64 Å². The number of fused-ring (bicyclic) bond motifs is 1. The van der Waals surface area contributed by atoms with Crippen molar-refractivity contribution in [3.63, 3.8) is 0 Å². The molecule has 78 valence electrons. The van der Waals surface area contributed by atoms with E-state index in [1.165, 1.54) is 5.55 Å². The van der Waals surface area contributed by atoms with Gasteiger partial charge in [0, 0.05) is 14.1 Å². The Morgan fingerprint density at radius 1 is 1.40 bits per heavy atom. The molecular formula is C9H9N3O2S. The first-order chi connectivity index (χ1) is 7.24. The van der Waals surface area contributed by atoms with Gasteiger partial charge in [0.1, 0.15) is 5.52 Å². The number of hydrogen-bond donors (Lipinski definition) is 0. The molecule has 0 saturated carbocycles. The Morgan fingerprint density at radius 3 is 2.87 bits per heavy atom. The summed E-state index contributed by atoms with van der Waals surface area (Å²) in [5.74, 6) is 0.564. The van der Waals surface area contributed by atoms with Gasteiger partial charge in [-0.25, -0.2) is 4.63 Å². The third-order valence-electron chi connectivity index (χ3n) is 2.01. The van der Waals surface area contributed by atoms with Crippen molar-refractivity contribution >= 4 is 34.5 Å². The maximum atomic E-state index is 5.26. The van der Waals surface area contributed by atoms with Gasteiger partial charge < -0.3 is 9.64 Å². The highest BCUT2D eigenvalue weighted by atomic mass is 32.1. The van der Waals surface area contributed by atoms with Crippen LogP contribution in [0, 0.1) is 0 Å². The van der Waals surface area contributed by atoms with E-state index in [1.807, 2.05) is 31.1 Å². The van der Waals surface area contributed by atoms with Crippen molar-refractivity contribution in [3.05, 3.63) is 12.1 Å². The largest absolute Gasteiger partial charge is 0.449 e. The van der Waals surface area contributed by atoms with Crippen LogP contribution in [0.5, 0.6) is 5.75 Å². The van der Waals surface area contributed by atoms with Gasteiger partial charge >= 0.3 is 0 Å². The van der Waals surface area contributed by atoms with Crippen LogP contribution in [-0.4, -0.2) is 30.0 Å². The zero-order valence-electron chi connectivity index (χ0n) is 8.30. The van der Waals surface area contributed by atoms with E-state index in [-0.39, 0.29) is 0 Å². The van der Waals surface area contributed by atoms with Gasteiger partial charge in [-0.3, -0.25) is 0 Å². The molecule has 0 spiro atoms. The molecule has 0 N–H and O–H groups in total. The Balaban J connectivity index is 2.69. The molecule has 1 aromatic heterocycles. The highest BCUT2D eigenvalue weighted by molar-refractivity contribution is 7.78. The number of rotatable bonds is 3. The molecule has 0 amide bonds. The maximum Gasteiger partial charge on any atom is 0.182 e. The Kier molecular flexibility index (Phi) is 2.51. The highest BCUT2D eigenvalue weighted by Gasteiger charge is 2.14. The maximum absolute atomic E-state index is 5.26. The molecule has 0 fully saturated rings. The number of thiocarbonyl (C=S) groups is 1. The SMILES string of the molecule is CN(C)c1ccc2nonc2c1OC=S. The fraction of sp³-hybridized carbons (Fsp3) is 0.222. The lowest BCUT2D eigenvalue weighted by Crippen LogP contribution is -2.10. The normalized spacial score (nSPS) is 10.3. The van der Waals surface area contributed by atoms with E-state index >= 15 is 0 Å². The Hall–Kier alpha value is -1.69. The number of ether oxygens (including phenoxy) is 1. The number of aromatic nitrogens is 2. The fourth-order valence-corrected chi connectivity index (χ4v) is 1.43. The van der Waals surface area contributed by atoms with Crippen molar-refractivity contribution < 1.29 is 9.37 Å². The molecule has 2 aromatic rings. The minimum absolute atomic E-state index is 0.564. The lowest BCUT2D eigenvalue weighted by atomic mass is 10.2. The highest BCUT2D eigenvalue weighted by Crippen LogP contribution is 2.33. The molecule has 0 bridgehead atoms. The van der Waals surface area contributed by atoms with Crippen LogP contribution in [0.15, 0.2) is 16.8 Å². The van der Waals surface area contributed by atoms with Crippen molar-refractivity contribution in [2.24, 2.45) is 0 Å². The number of anilines is 1. The molecule has 0 saturated heterocycles. The predicted molar refractivity (Wildman–Crippen MR) is 60.4 cm³/mol. The van der Waals surface area contributed by atoms with Gasteiger partial charge in [0.15, 0.2) is 16.8 Å². The Labute approximate surface area is 91.6 Å². The number of benzene rings is 1. The van der Waals surface area contributed by atoms with Gasteiger partial charge in [0.05, 0.1) is 5.69 Å². The van der Waals surface area contributed by atoms with E-state index in [9.17, 15) is 0 Å². The average Bonchev–Trinajstić information content (AvgIpc) is 2.66. The topological polar surface area (TPSA) is 51.4 Å². The molecule has 0 aliphatic heterocycles. The summed E-state index contributed by atoms with van der Waals surface area (Å²) in [5, 5.41) is 7.51. The van der Waals surface area contributed by atoms with Crippen LogP contribution in [0.2, 0.25) is 0 Å². The van der Waals surface area contributed by atoms with Crippen molar-refractivity contribution in [1.82, 2.24) is 10.3 Å². The summed E-state index contributed by atoms with van der Waals surface area (Å²) in [6, 6.07) is 3.69. The number of hydrogen-bond acceptors (Lipinski definition) is 6. The molecule has 2 rings (SSSR count). The summed E-state index contributed by atoms with van der Waals surface area (Å²) >= 11 is 4.67. The summed E-state index contributed by atoms with van der Waals surface area (Å²) in [6.45, 7) is 0. The quantitative estimate of drug-likeness (QED) is 0.737. The second kappa shape index (κ2) is 3.82. The molecule has 0 aliphatic carbocycles. The van der Waals surface area contributed by atoms with Gasteiger partial charge in [0.25, 0.3) is 0 Å². The third-order valence-corrected chi connectivity index (χ3v) is 2.10. The molecule has 15 heavy (non-hydrogen) atoms. The molecule has 1 heterocycles. The van der Waals surface area contributed by atoms with Gasteiger partial charge in [-0.15, -0.1) is 0 Å². The smallest absolute Gasteiger partial charge is 0.182 e. The first-order valence-corrected chi connectivity index (χ1v) is 4.74. The second-order valence-electron chi connectivity index (χ2n) is 3.15. The molecule has 0 aliphatic rings. The third kappa shape index (κ3) is 1.63. The standard InChI is InChI=1S/C9H9N3O2S/c1-12(2)7-4-3-6-8(11-14-10-6)9(7)13-5-15/h3-5H,1-2H3. The van der Waals surface area contributed by atoms with E-state index in [1.54, 1.807) is 0 Å².